The molecule has 0 aromatic carbocycles. The summed E-state index contributed by atoms with van der Waals surface area (Å²) in [6.07, 6.45) is 4.50. The van der Waals surface area contributed by atoms with E-state index in [4.69, 9.17) is 5.73 Å². The Morgan fingerprint density at radius 3 is 2.53 bits per heavy atom. The maximum Gasteiger partial charge on any atom is 0.227 e. The molecule has 88 valence electrons. The topological polar surface area (TPSA) is 72.2 Å². The second kappa shape index (κ2) is 5.07. The summed E-state index contributed by atoms with van der Waals surface area (Å²) in [6, 6.07) is -0.0349. The molecule has 0 saturated heterocycles. The van der Waals surface area contributed by atoms with Crippen molar-refractivity contribution in [3.05, 3.63) is 0 Å². The van der Waals surface area contributed by atoms with Crippen LogP contribution in [0.3, 0.4) is 0 Å². The van der Waals surface area contributed by atoms with E-state index in [-0.39, 0.29) is 17.4 Å². The summed E-state index contributed by atoms with van der Waals surface area (Å²) in [5.41, 5.74) is 5.30. The van der Waals surface area contributed by atoms with E-state index >= 15 is 0 Å². The molecule has 0 spiro atoms. The summed E-state index contributed by atoms with van der Waals surface area (Å²) >= 11 is 0. The van der Waals surface area contributed by atoms with E-state index in [1.54, 1.807) is 6.26 Å². The molecule has 0 bridgehead atoms. The quantitative estimate of drug-likeness (QED) is 0.701. The van der Waals surface area contributed by atoms with Gasteiger partial charge in [-0.3, -0.25) is 9.00 Å². The summed E-state index contributed by atoms with van der Waals surface area (Å²) in [5, 5.41) is 2.89. The van der Waals surface area contributed by atoms with Gasteiger partial charge in [-0.1, -0.05) is 6.42 Å². The molecule has 1 saturated carbocycles. The lowest BCUT2D eigenvalue weighted by Crippen LogP contribution is -2.53. The van der Waals surface area contributed by atoms with Gasteiger partial charge >= 0.3 is 0 Å². The van der Waals surface area contributed by atoms with Gasteiger partial charge in [0.2, 0.25) is 5.91 Å². The van der Waals surface area contributed by atoms with Gasteiger partial charge in [-0.15, -0.1) is 0 Å². The Hall–Kier alpha value is -0.420. The molecular formula is C10H20N2O2S. The third-order valence-corrected chi connectivity index (χ3v) is 4.01. The minimum Gasteiger partial charge on any atom is -0.352 e. The van der Waals surface area contributed by atoms with E-state index in [0.717, 1.165) is 19.3 Å². The first-order valence-corrected chi connectivity index (χ1v) is 7.04. The van der Waals surface area contributed by atoms with Crippen molar-refractivity contribution in [3.8, 4) is 0 Å². The molecule has 0 aromatic heterocycles. The van der Waals surface area contributed by atoms with Crippen LogP contribution in [0.2, 0.25) is 0 Å². The standard InChI is InChI=1S/C10H20N2O2S/c1-8(6-15(2)14)12-9(13)10(7-11)4-3-5-10/h8H,3-7,11H2,1-2H3,(H,12,13). The molecule has 1 aliphatic carbocycles. The number of hydrogen-bond acceptors (Lipinski definition) is 3. The van der Waals surface area contributed by atoms with E-state index < -0.39 is 10.8 Å². The first-order chi connectivity index (χ1) is 7.00. The fraction of sp³-hybridized carbons (Fsp3) is 0.900. The van der Waals surface area contributed by atoms with E-state index in [9.17, 15) is 9.00 Å². The van der Waals surface area contributed by atoms with Crippen molar-refractivity contribution >= 4 is 16.7 Å². The van der Waals surface area contributed by atoms with E-state index in [2.05, 4.69) is 5.32 Å². The van der Waals surface area contributed by atoms with E-state index in [0.29, 0.717) is 12.3 Å². The Labute approximate surface area is 93.4 Å². The Balaban J connectivity index is 2.44. The normalized spacial score (nSPS) is 22.6. The summed E-state index contributed by atoms with van der Waals surface area (Å²) in [4.78, 5) is 11.9. The fourth-order valence-corrected chi connectivity index (χ4v) is 2.69. The third-order valence-electron chi connectivity index (χ3n) is 3.05. The van der Waals surface area contributed by atoms with Crippen LogP contribution in [0.1, 0.15) is 26.2 Å². The second-order valence-electron chi connectivity index (χ2n) is 4.45. The number of nitrogens with two attached hydrogens (primary N) is 1. The predicted molar refractivity (Wildman–Crippen MR) is 61.9 cm³/mol. The first kappa shape index (κ1) is 12.6. The molecule has 2 atom stereocenters. The highest BCUT2D eigenvalue weighted by molar-refractivity contribution is 7.84. The summed E-state index contributed by atoms with van der Waals surface area (Å²) in [6.45, 7) is 2.29. The van der Waals surface area contributed by atoms with Crippen LogP contribution in [0.15, 0.2) is 0 Å². The molecule has 1 amide bonds. The van der Waals surface area contributed by atoms with Crippen molar-refractivity contribution in [1.29, 1.82) is 0 Å². The fourth-order valence-electron chi connectivity index (χ4n) is 1.90. The number of nitrogens with one attached hydrogen (secondary N) is 1. The Kier molecular flexibility index (Phi) is 4.28. The Morgan fingerprint density at radius 1 is 1.60 bits per heavy atom. The molecule has 0 radical (unpaired) electrons. The lowest BCUT2D eigenvalue weighted by atomic mass is 9.68. The lowest BCUT2D eigenvalue weighted by molar-refractivity contribution is -0.135. The molecule has 1 fully saturated rings. The molecular weight excluding hydrogens is 212 g/mol. The SMILES string of the molecule is CC(CS(C)=O)NC(=O)C1(CN)CCC1. The van der Waals surface area contributed by atoms with Gasteiger partial charge in [-0.25, -0.2) is 0 Å². The summed E-state index contributed by atoms with van der Waals surface area (Å²) in [5.74, 6) is 0.543. The zero-order chi connectivity index (χ0) is 11.5. The third kappa shape index (κ3) is 3.01. The first-order valence-electron chi connectivity index (χ1n) is 5.31. The van der Waals surface area contributed by atoms with Gasteiger partial charge in [0, 0.05) is 35.4 Å². The van der Waals surface area contributed by atoms with Crippen LogP contribution >= 0.6 is 0 Å². The molecule has 5 heteroatoms. The largest absolute Gasteiger partial charge is 0.352 e. The highest BCUT2D eigenvalue weighted by Gasteiger charge is 2.43. The van der Waals surface area contributed by atoms with Gasteiger partial charge in [0.05, 0.1) is 5.41 Å². The predicted octanol–water partition coefficient (Wildman–Crippen LogP) is -0.00140. The number of hydrogen-bond donors (Lipinski definition) is 2. The smallest absolute Gasteiger partial charge is 0.227 e. The molecule has 2 unspecified atom stereocenters. The van der Waals surface area contributed by atoms with Gasteiger partial charge in [0.25, 0.3) is 0 Å². The second-order valence-corrected chi connectivity index (χ2v) is 5.93. The molecule has 0 aromatic rings. The summed E-state index contributed by atoms with van der Waals surface area (Å²) < 4.78 is 11.0. The molecule has 15 heavy (non-hydrogen) atoms. The van der Waals surface area contributed by atoms with Crippen molar-refractivity contribution in [2.45, 2.75) is 32.2 Å². The minimum absolute atomic E-state index is 0.0349. The van der Waals surface area contributed by atoms with Crippen LogP contribution < -0.4 is 11.1 Å². The number of rotatable bonds is 5. The van der Waals surface area contributed by atoms with Crippen LogP contribution in [0.25, 0.3) is 0 Å². The number of carbonyl (C=O) groups excluding carboxylic acids is 1. The molecule has 1 aliphatic rings. The molecule has 0 heterocycles. The zero-order valence-corrected chi connectivity index (χ0v) is 10.2. The molecule has 4 nitrogen and oxygen atoms in total. The Bertz CT molecular complexity index is 259. The molecule has 1 rings (SSSR count). The maximum atomic E-state index is 11.9. The molecule has 3 N–H and O–H groups in total. The zero-order valence-electron chi connectivity index (χ0n) is 9.41. The highest BCUT2D eigenvalue weighted by atomic mass is 32.2. The van der Waals surface area contributed by atoms with E-state index in [1.165, 1.54) is 0 Å². The van der Waals surface area contributed by atoms with Crippen molar-refractivity contribution in [3.63, 3.8) is 0 Å². The van der Waals surface area contributed by atoms with Crippen molar-refractivity contribution in [1.82, 2.24) is 5.32 Å². The van der Waals surface area contributed by atoms with Crippen molar-refractivity contribution in [2.75, 3.05) is 18.6 Å². The van der Waals surface area contributed by atoms with Crippen LogP contribution in [-0.2, 0) is 15.6 Å². The summed E-state index contributed by atoms with van der Waals surface area (Å²) in [7, 11) is -0.871. The van der Waals surface area contributed by atoms with Gasteiger partial charge in [0.1, 0.15) is 0 Å². The van der Waals surface area contributed by atoms with Gasteiger partial charge in [-0.05, 0) is 19.8 Å². The minimum atomic E-state index is -0.871. The number of carbonyl (C=O) groups is 1. The van der Waals surface area contributed by atoms with Gasteiger partial charge in [0.15, 0.2) is 0 Å². The maximum absolute atomic E-state index is 11.9. The van der Waals surface area contributed by atoms with Crippen LogP contribution in [-0.4, -0.2) is 34.7 Å². The Morgan fingerprint density at radius 2 is 2.20 bits per heavy atom. The van der Waals surface area contributed by atoms with E-state index in [1.807, 2.05) is 6.92 Å². The average molecular weight is 232 g/mol. The van der Waals surface area contributed by atoms with Crippen LogP contribution in [0.5, 0.6) is 0 Å². The van der Waals surface area contributed by atoms with Gasteiger partial charge < -0.3 is 11.1 Å². The number of amides is 1. The monoisotopic (exact) mass is 232 g/mol. The van der Waals surface area contributed by atoms with Gasteiger partial charge in [-0.2, -0.15) is 0 Å². The van der Waals surface area contributed by atoms with Crippen molar-refractivity contribution in [2.24, 2.45) is 11.1 Å². The van der Waals surface area contributed by atoms with Crippen molar-refractivity contribution < 1.29 is 9.00 Å². The lowest BCUT2D eigenvalue weighted by Gasteiger charge is -2.39. The highest BCUT2D eigenvalue weighted by Crippen LogP contribution is 2.40. The van der Waals surface area contributed by atoms with Crippen LogP contribution in [0.4, 0.5) is 0 Å². The average Bonchev–Trinajstić information content (AvgIpc) is 2.00. The van der Waals surface area contributed by atoms with Crippen LogP contribution in [0, 0.1) is 5.41 Å². The molecule has 0 aliphatic heterocycles.